The van der Waals surface area contributed by atoms with Crippen LogP contribution in [0.5, 0.6) is 0 Å². The number of aliphatic hydroxyl groups excluding tert-OH is 4. The Hall–Kier alpha value is -2.18. The fourth-order valence-corrected chi connectivity index (χ4v) is 8.73. The maximum atomic E-state index is 12.6. The Labute approximate surface area is 293 Å². The molecule has 2 saturated heterocycles. The highest BCUT2D eigenvalue weighted by Gasteiger charge is 2.59. The van der Waals surface area contributed by atoms with E-state index in [9.17, 15) is 40.2 Å². The Morgan fingerprint density at radius 1 is 1.10 bits per heavy atom. The van der Waals surface area contributed by atoms with Crippen LogP contribution in [0.1, 0.15) is 64.7 Å². The van der Waals surface area contributed by atoms with Crippen molar-refractivity contribution in [3.8, 4) is 0 Å². The van der Waals surface area contributed by atoms with Crippen LogP contribution in [-0.2, 0) is 23.8 Å². The molecule has 4 fully saturated rings. The lowest BCUT2D eigenvalue weighted by molar-refractivity contribution is -0.346. The number of amides is 1. The number of nitrogens with two attached hydrogens (primary N) is 1. The highest BCUT2D eigenvalue weighted by molar-refractivity contribution is 5.82. The number of fused-ring (bicyclic) bond motifs is 1. The van der Waals surface area contributed by atoms with Crippen LogP contribution in [-0.4, -0.2) is 136 Å². The lowest BCUT2D eigenvalue weighted by Gasteiger charge is -2.52. The Morgan fingerprint density at radius 2 is 1.84 bits per heavy atom. The first-order chi connectivity index (χ1) is 23.8. The highest BCUT2D eigenvalue weighted by Crippen LogP contribution is 2.46. The van der Waals surface area contributed by atoms with Gasteiger partial charge in [-0.15, -0.1) is 4.99 Å². The number of carbonyl (C=O) groups is 2. The minimum absolute atomic E-state index is 0.0212. The van der Waals surface area contributed by atoms with Crippen molar-refractivity contribution in [2.24, 2.45) is 40.3 Å². The van der Waals surface area contributed by atoms with Gasteiger partial charge in [0, 0.05) is 31.2 Å². The molecule has 13 atom stereocenters. The van der Waals surface area contributed by atoms with Crippen LogP contribution >= 0.6 is 0 Å². The van der Waals surface area contributed by atoms with Crippen LogP contribution in [0, 0.1) is 36.1 Å². The van der Waals surface area contributed by atoms with E-state index >= 15 is 0 Å². The smallest absolute Gasteiger partial charge is 0.335 e. The van der Waals surface area contributed by atoms with Gasteiger partial charge in [-0.05, 0) is 82.8 Å². The summed E-state index contributed by atoms with van der Waals surface area (Å²) in [4.78, 5) is 28.8. The van der Waals surface area contributed by atoms with Gasteiger partial charge in [-0.2, -0.15) is 0 Å². The molecule has 3 heterocycles. The lowest BCUT2D eigenvalue weighted by atomic mass is 9.66. The first-order valence-electron chi connectivity index (χ1n) is 18.2. The molecule has 0 radical (unpaired) electrons. The monoisotopic (exact) mass is 709 g/mol. The number of rotatable bonds is 15. The topological polar surface area (TPSA) is 246 Å². The number of carboxylic acids is 1. The normalized spacial score (nSPS) is 41.5. The fourth-order valence-electron chi connectivity index (χ4n) is 8.73. The molecular weight excluding hydrogens is 652 g/mol. The van der Waals surface area contributed by atoms with E-state index in [4.69, 9.17) is 19.9 Å². The molecule has 5 aliphatic rings. The van der Waals surface area contributed by atoms with E-state index in [0.29, 0.717) is 45.1 Å². The number of primary amides is 1. The van der Waals surface area contributed by atoms with E-state index in [1.54, 1.807) is 6.54 Å². The van der Waals surface area contributed by atoms with Gasteiger partial charge in [0.1, 0.15) is 30.4 Å². The van der Waals surface area contributed by atoms with Crippen molar-refractivity contribution in [2.45, 2.75) is 125 Å². The van der Waals surface area contributed by atoms with Crippen molar-refractivity contribution in [1.82, 2.24) is 10.6 Å². The van der Waals surface area contributed by atoms with Crippen LogP contribution in [0.2, 0.25) is 0 Å². The van der Waals surface area contributed by atoms with Gasteiger partial charge in [0.05, 0.1) is 30.5 Å². The lowest BCUT2D eigenvalue weighted by Crippen LogP contribution is -2.71. The summed E-state index contributed by atoms with van der Waals surface area (Å²) in [5.41, 5.74) is 4.62. The number of allylic oxidation sites excluding steroid dienone is 1. The second-order valence-electron chi connectivity index (χ2n) is 15.2. The van der Waals surface area contributed by atoms with E-state index in [1.165, 1.54) is 0 Å². The molecule has 0 aromatic rings. The van der Waals surface area contributed by atoms with Crippen LogP contribution in [0.15, 0.2) is 16.6 Å². The second-order valence-corrected chi connectivity index (χ2v) is 15.2. The predicted molar refractivity (Wildman–Crippen MR) is 180 cm³/mol. The van der Waals surface area contributed by atoms with Gasteiger partial charge in [-0.3, -0.25) is 4.79 Å². The summed E-state index contributed by atoms with van der Waals surface area (Å²) in [6.07, 6.45) is -1.98. The van der Waals surface area contributed by atoms with Crippen molar-refractivity contribution in [3.05, 3.63) is 18.2 Å². The summed E-state index contributed by atoms with van der Waals surface area (Å²) in [6, 6.07) is 0. The van der Waals surface area contributed by atoms with Crippen molar-refractivity contribution >= 4 is 18.1 Å². The van der Waals surface area contributed by atoms with E-state index in [1.807, 2.05) is 19.3 Å². The zero-order valence-electron chi connectivity index (χ0n) is 29.0. The van der Waals surface area contributed by atoms with Crippen LogP contribution in [0.25, 0.3) is 0 Å². The standard InChI is InChI=1S/C35H56N4O11/c1-18(9-11-37-2)21(13-19-10-12-38-15-19)16-39-17-35(47)31(43)28(42)30(33(45)46)50-34(35)48-23-7-8-24-25(14-23)49-29(32(36)44)26(27(24)41)20-3-5-22(40)6-4-20/h10,12,15,18,20-31,34,37,39-43,47H,3-9,11,13-14,16-17H2,1-2H3,(H2-,36,44,45,46)/p+1/t18-,20?,21-,22?,23?,24?,25?,26?,27?,28+,29?,30-,31-,34+,35-/m0/s1. The number of nitrogens with zero attached hydrogens (tertiary/aromatic N) is 1. The van der Waals surface area contributed by atoms with Crippen molar-refractivity contribution in [2.75, 3.05) is 26.7 Å². The number of ether oxygens (including phenoxy) is 3. The summed E-state index contributed by atoms with van der Waals surface area (Å²) in [7, 11) is 1.89. The molecule has 1 amide bonds. The fraction of sp³-hybridized carbons (Fsp3) is 0.829. The van der Waals surface area contributed by atoms with E-state index in [0.717, 1.165) is 25.0 Å². The quantitative estimate of drug-likeness (QED) is 0.0950. The SMILES string of the molecule is CNCC[C@H](C)[C@H](CNC[C@@]1(O)[C@H](OC2CCC3C(C2)OC(C(N)=O)C(C2CCC(O)CC2)C3O)O[C@H](C(=O)O)[C@@H](O)[C@@H]1O)CC1=C[CH+]N=C1. The van der Waals surface area contributed by atoms with Crippen molar-refractivity contribution < 1.29 is 54.4 Å². The molecule has 2 saturated carbocycles. The summed E-state index contributed by atoms with van der Waals surface area (Å²) in [6.45, 7) is 4.87. The van der Waals surface area contributed by atoms with Gasteiger partial charge < -0.3 is 61.2 Å². The Morgan fingerprint density at radius 3 is 2.48 bits per heavy atom. The number of hydrogen-bond donors (Lipinski definition) is 9. The molecule has 5 rings (SSSR count). The molecule has 15 nitrogen and oxygen atoms in total. The van der Waals surface area contributed by atoms with E-state index < -0.39 is 78.5 Å². The minimum Gasteiger partial charge on any atom is -0.479 e. The number of nitrogens with one attached hydrogen (secondary N) is 2. The maximum Gasteiger partial charge on any atom is 0.335 e. The van der Waals surface area contributed by atoms with Crippen molar-refractivity contribution in [3.63, 3.8) is 0 Å². The zero-order valence-corrected chi connectivity index (χ0v) is 29.0. The zero-order chi connectivity index (χ0) is 36.2. The molecule has 10 N–H and O–H groups in total. The molecular formula is C35H57N4O11+. The van der Waals surface area contributed by atoms with Gasteiger partial charge in [-0.1, -0.05) is 6.92 Å². The summed E-state index contributed by atoms with van der Waals surface area (Å²) < 4.78 is 18.2. The first kappa shape index (κ1) is 39.0. The third-order valence-electron chi connectivity index (χ3n) is 11.8. The third-order valence-corrected chi connectivity index (χ3v) is 11.8. The van der Waals surface area contributed by atoms with Gasteiger partial charge >= 0.3 is 5.97 Å². The number of hydrogen-bond acceptors (Lipinski definition) is 13. The van der Waals surface area contributed by atoms with Crippen LogP contribution < -0.4 is 16.4 Å². The first-order valence-corrected chi connectivity index (χ1v) is 18.2. The molecule has 0 aromatic carbocycles. The van der Waals surface area contributed by atoms with E-state index in [-0.39, 0.29) is 36.6 Å². The number of aliphatic imine (C=N–C) groups is 1. The molecule has 6 unspecified atom stereocenters. The van der Waals surface area contributed by atoms with Gasteiger partial charge in [-0.25, -0.2) is 4.79 Å². The summed E-state index contributed by atoms with van der Waals surface area (Å²) in [5, 5.41) is 71.6. The Kier molecular flexibility index (Phi) is 13.4. The molecule has 0 bridgehead atoms. The highest BCUT2D eigenvalue weighted by atomic mass is 16.7. The van der Waals surface area contributed by atoms with Gasteiger partial charge in [0.25, 0.3) is 0 Å². The number of carboxylic acid groups (broad SMARTS) is 1. The molecule has 2 aliphatic carbocycles. The average molecular weight is 710 g/mol. The second kappa shape index (κ2) is 17.1. The van der Waals surface area contributed by atoms with Crippen LogP contribution in [0.4, 0.5) is 0 Å². The van der Waals surface area contributed by atoms with Gasteiger partial charge in [0.15, 0.2) is 24.2 Å². The van der Waals surface area contributed by atoms with Gasteiger partial charge in [0.2, 0.25) is 5.91 Å². The number of aliphatic hydroxyl groups is 5. The molecule has 50 heavy (non-hydrogen) atoms. The number of aliphatic carboxylic acids is 1. The predicted octanol–water partition coefficient (Wildman–Crippen LogP) is -0.771. The molecule has 0 aromatic heterocycles. The Bertz CT molecular complexity index is 1220. The average Bonchev–Trinajstić information content (AvgIpc) is 3.60. The number of carbonyl (C=O) groups excluding carboxylic acids is 1. The minimum atomic E-state index is -2.23. The molecule has 282 valence electrons. The molecule has 3 aliphatic heterocycles. The summed E-state index contributed by atoms with van der Waals surface area (Å²) in [5.74, 6) is -2.62. The third kappa shape index (κ3) is 8.71. The van der Waals surface area contributed by atoms with Crippen molar-refractivity contribution in [1.29, 1.82) is 0 Å². The molecule has 15 heteroatoms. The summed E-state index contributed by atoms with van der Waals surface area (Å²) >= 11 is 0. The molecule has 0 spiro atoms. The Balaban J connectivity index is 1.28. The largest absolute Gasteiger partial charge is 0.479 e. The van der Waals surface area contributed by atoms with Crippen LogP contribution in [0.3, 0.4) is 0 Å². The maximum absolute atomic E-state index is 12.6. The van der Waals surface area contributed by atoms with E-state index in [2.05, 4.69) is 22.5 Å².